The van der Waals surface area contributed by atoms with Crippen molar-refractivity contribution in [2.75, 3.05) is 0 Å². The van der Waals surface area contributed by atoms with Crippen LogP contribution in [0, 0.1) is 13.8 Å². The molecule has 1 aromatic rings. The molecule has 78 valence electrons. The van der Waals surface area contributed by atoms with E-state index in [-0.39, 0.29) is 5.82 Å². The number of aryl methyl sites for hydroxylation is 1. The maximum absolute atomic E-state index is 10.8. The van der Waals surface area contributed by atoms with E-state index in [1.807, 2.05) is 6.92 Å². The molecule has 0 aromatic carbocycles. The summed E-state index contributed by atoms with van der Waals surface area (Å²) in [4.78, 5) is 14.8. The summed E-state index contributed by atoms with van der Waals surface area (Å²) in [5.74, 6) is -1.15. The highest BCUT2D eigenvalue weighted by Gasteiger charge is 2.37. The third kappa shape index (κ3) is 1.39. The normalized spacial score (nSPS) is 15.2. The summed E-state index contributed by atoms with van der Waals surface area (Å²) in [7, 11) is 1.68. The fraction of sp³-hybridized carbons (Fsp3) is 0.556. The summed E-state index contributed by atoms with van der Waals surface area (Å²) in [5.41, 5.74) is -0.362. The van der Waals surface area contributed by atoms with Gasteiger partial charge in [-0.2, -0.15) is 0 Å². The molecule has 5 nitrogen and oxygen atoms in total. The number of carbonyl (C=O) groups is 1. The maximum Gasteiger partial charge on any atom is 0.343 e. The van der Waals surface area contributed by atoms with Crippen LogP contribution in [0.4, 0.5) is 0 Å². The Morgan fingerprint density at radius 3 is 2.29 bits per heavy atom. The van der Waals surface area contributed by atoms with Gasteiger partial charge < -0.3 is 14.8 Å². The second-order valence-electron chi connectivity index (χ2n) is 3.54. The predicted molar refractivity (Wildman–Crippen MR) is 49.9 cm³/mol. The lowest BCUT2D eigenvalue weighted by Gasteiger charge is -2.17. The number of hydrogen-bond donors (Lipinski definition) is 2. The molecular weight excluding hydrogens is 184 g/mol. The number of nitrogens with zero attached hydrogens (tertiary/aromatic N) is 2. The summed E-state index contributed by atoms with van der Waals surface area (Å²) in [6.07, 6.45) is 0. The molecule has 0 amide bonds. The van der Waals surface area contributed by atoms with E-state index in [9.17, 15) is 9.90 Å². The lowest BCUT2D eigenvalue weighted by Crippen LogP contribution is -2.34. The van der Waals surface area contributed by atoms with Crippen molar-refractivity contribution in [2.24, 2.45) is 7.05 Å². The van der Waals surface area contributed by atoms with Crippen molar-refractivity contribution < 1.29 is 15.0 Å². The zero-order chi connectivity index (χ0) is 11.1. The number of carboxylic acids is 1. The molecule has 1 aromatic heterocycles. The summed E-state index contributed by atoms with van der Waals surface area (Å²) >= 11 is 0. The Morgan fingerprint density at radius 2 is 2.00 bits per heavy atom. The minimum atomic E-state index is -1.94. The molecule has 1 rings (SSSR count). The molecule has 0 fully saturated rings. The second kappa shape index (κ2) is 3.09. The Labute approximate surface area is 82.0 Å². The molecule has 0 aliphatic carbocycles. The van der Waals surface area contributed by atoms with E-state index in [4.69, 9.17) is 5.11 Å². The first-order chi connectivity index (χ1) is 6.28. The topological polar surface area (TPSA) is 75.3 Å². The lowest BCUT2D eigenvalue weighted by atomic mass is 10.1. The predicted octanol–water partition coefficient (Wildman–Crippen LogP) is 0.329. The van der Waals surface area contributed by atoms with Gasteiger partial charge in [-0.1, -0.05) is 0 Å². The molecule has 0 aliphatic heterocycles. The van der Waals surface area contributed by atoms with E-state index >= 15 is 0 Å². The molecule has 14 heavy (non-hydrogen) atoms. The number of imidazole rings is 1. The van der Waals surface area contributed by atoms with Crippen LogP contribution in [-0.4, -0.2) is 25.7 Å². The van der Waals surface area contributed by atoms with Crippen molar-refractivity contribution in [2.45, 2.75) is 26.4 Å². The molecule has 1 unspecified atom stereocenters. The molecule has 5 heteroatoms. The van der Waals surface area contributed by atoms with Crippen LogP contribution in [0.2, 0.25) is 0 Å². The van der Waals surface area contributed by atoms with Crippen molar-refractivity contribution in [3.8, 4) is 0 Å². The van der Waals surface area contributed by atoms with E-state index in [2.05, 4.69) is 4.98 Å². The minimum Gasteiger partial charge on any atom is -0.479 e. The van der Waals surface area contributed by atoms with Crippen molar-refractivity contribution in [3.63, 3.8) is 0 Å². The van der Waals surface area contributed by atoms with Crippen molar-refractivity contribution in [3.05, 3.63) is 17.2 Å². The highest BCUT2D eigenvalue weighted by molar-refractivity contribution is 5.77. The molecule has 0 radical (unpaired) electrons. The first kappa shape index (κ1) is 10.7. The van der Waals surface area contributed by atoms with Crippen molar-refractivity contribution in [1.29, 1.82) is 0 Å². The molecule has 1 atom stereocenters. The van der Waals surface area contributed by atoms with Gasteiger partial charge in [0, 0.05) is 12.7 Å². The molecule has 0 aliphatic rings. The number of hydrogen-bond acceptors (Lipinski definition) is 3. The minimum absolute atomic E-state index is 0.153. The van der Waals surface area contributed by atoms with Crippen LogP contribution in [0.3, 0.4) is 0 Å². The number of carboxylic acid groups (broad SMARTS) is 1. The maximum atomic E-state index is 10.8. The number of aliphatic carboxylic acids is 1. The van der Waals surface area contributed by atoms with Gasteiger partial charge in [-0.3, -0.25) is 0 Å². The molecule has 0 bridgehead atoms. The SMILES string of the molecule is Cc1nc(C(C)(O)C(=O)O)n(C)c1C. The van der Waals surface area contributed by atoms with E-state index < -0.39 is 11.6 Å². The molecule has 1 heterocycles. The van der Waals surface area contributed by atoms with Gasteiger partial charge in [0.25, 0.3) is 0 Å². The Kier molecular flexibility index (Phi) is 2.37. The Bertz CT molecular complexity index is 380. The van der Waals surface area contributed by atoms with E-state index in [0.717, 1.165) is 11.4 Å². The van der Waals surface area contributed by atoms with Crippen molar-refractivity contribution >= 4 is 5.97 Å². The summed E-state index contributed by atoms with van der Waals surface area (Å²) in [5, 5.41) is 18.5. The zero-order valence-corrected chi connectivity index (χ0v) is 8.70. The van der Waals surface area contributed by atoms with Crippen LogP contribution in [-0.2, 0) is 17.4 Å². The van der Waals surface area contributed by atoms with E-state index in [0.29, 0.717) is 0 Å². The molecule has 0 saturated heterocycles. The second-order valence-corrected chi connectivity index (χ2v) is 3.54. The first-order valence-electron chi connectivity index (χ1n) is 4.24. The zero-order valence-electron chi connectivity index (χ0n) is 8.70. The summed E-state index contributed by atoms with van der Waals surface area (Å²) in [6, 6.07) is 0. The van der Waals surface area contributed by atoms with Gasteiger partial charge in [-0.25, -0.2) is 9.78 Å². The van der Waals surface area contributed by atoms with Crippen LogP contribution in [0.15, 0.2) is 0 Å². The first-order valence-corrected chi connectivity index (χ1v) is 4.24. The monoisotopic (exact) mass is 198 g/mol. The third-order valence-corrected chi connectivity index (χ3v) is 2.47. The summed E-state index contributed by atoms with van der Waals surface area (Å²) in [6.45, 7) is 4.82. The quantitative estimate of drug-likeness (QED) is 0.718. The average Bonchev–Trinajstić information content (AvgIpc) is 2.33. The molecule has 0 saturated carbocycles. The van der Waals surface area contributed by atoms with E-state index in [1.54, 1.807) is 18.5 Å². The Balaban J connectivity index is 3.33. The van der Waals surface area contributed by atoms with Gasteiger partial charge in [0.1, 0.15) is 0 Å². The van der Waals surface area contributed by atoms with Crippen LogP contribution in [0.1, 0.15) is 24.1 Å². The summed E-state index contributed by atoms with van der Waals surface area (Å²) < 4.78 is 1.59. The van der Waals surface area contributed by atoms with Gasteiger partial charge >= 0.3 is 5.97 Å². The van der Waals surface area contributed by atoms with Gasteiger partial charge in [-0.05, 0) is 20.8 Å². The average molecular weight is 198 g/mol. The van der Waals surface area contributed by atoms with Crippen molar-refractivity contribution in [1.82, 2.24) is 9.55 Å². The molecule has 2 N–H and O–H groups in total. The van der Waals surface area contributed by atoms with Gasteiger partial charge in [0.15, 0.2) is 5.82 Å². The van der Waals surface area contributed by atoms with E-state index in [1.165, 1.54) is 6.92 Å². The van der Waals surface area contributed by atoms with Crippen LogP contribution in [0.5, 0.6) is 0 Å². The Morgan fingerprint density at radius 1 is 1.50 bits per heavy atom. The highest BCUT2D eigenvalue weighted by Crippen LogP contribution is 2.21. The Hall–Kier alpha value is -1.36. The molecule has 0 spiro atoms. The van der Waals surface area contributed by atoms with Gasteiger partial charge in [-0.15, -0.1) is 0 Å². The smallest absolute Gasteiger partial charge is 0.343 e. The number of aromatic nitrogens is 2. The standard InChI is InChI=1S/C9H14N2O3/c1-5-6(2)11(4)7(10-5)9(3,14)8(12)13/h14H,1-4H3,(H,12,13). The molecular formula is C9H14N2O3. The van der Waals surface area contributed by atoms with Crippen LogP contribution < -0.4 is 0 Å². The third-order valence-electron chi connectivity index (χ3n) is 2.47. The fourth-order valence-corrected chi connectivity index (χ4v) is 1.25. The number of aliphatic hydroxyl groups is 1. The lowest BCUT2D eigenvalue weighted by molar-refractivity contribution is -0.158. The van der Waals surface area contributed by atoms with Gasteiger partial charge in [0.05, 0.1) is 5.69 Å². The van der Waals surface area contributed by atoms with Gasteiger partial charge in [0.2, 0.25) is 5.60 Å². The van der Waals surface area contributed by atoms with Crippen LogP contribution >= 0.6 is 0 Å². The number of rotatable bonds is 2. The highest BCUT2D eigenvalue weighted by atomic mass is 16.4. The van der Waals surface area contributed by atoms with Crippen LogP contribution in [0.25, 0.3) is 0 Å². The fourth-order valence-electron chi connectivity index (χ4n) is 1.25. The largest absolute Gasteiger partial charge is 0.479 e.